The van der Waals surface area contributed by atoms with Crippen molar-refractivity contribution in [3.05, 3.63) is 65.9 Å². The summed E-state index contributed by atoms with van der Waals surface area (Å²) in [6, 6.07) is 12.3. The topological polar surface area (TPSA) is 50.2 Å². The Bertz CT molecular complexity index is 837. The summed E-state index contributed by atoms with van der Waals surface area (Å²) in [5.74, 6) is 0.478. The van der Waals surface area contributed by atoms with Crippen molar-refractivity contribution < 1.29 is 13.2 Å². The lowest BCUT2D eigenvalue weighted by molar-refractivity contribution is -0.137. The van der Waals surface area contributed by atoms with Gasteiger partial charge in [-0.3, -0.25) is 5.43 Å². The molecule has 0 aliphatic heterocycles. The van der Waals surface area contributed by atoms with Gasteiger partial charge in [0.1, 0.15) is 0 Å². The Morgan fingerprint density at radius 2 is 1.74 bits per heavy atom. The highest BCUT2D eigenvalue weighted by Gasteiger charge is 2.29. The molecule has 116 valence electrons. The van der Waals surface area contributed by atoms with E-state index in [1.54, 1.807) is 6.20 Å². The number of fused-ring (bicyclic) bond motifs is 1. The predicted molar refractivity (Wildman–Crippen MR) is 82.2 cm³/mol. The minimum atomic E-state index is -4.34. The molecule has 0 bridgehead atoms. The number of hydrogen-bond donors (Lipinski definition) is 1. The van der Waals surface area contributed by atoms with Gasteiger partial charge in [0.25, 0.3) is 0 Å². The monoisotopic (exact) mass is 316 g/mol. The van der Waals surface area contributed by atoms with E-state index in [1.165, 1.54) is 18.3 Å². The van der Waals surface area contributed by atoms with Gasteiger partial charge in [0.05, 0.1) is 18.0 Å². The maximum atomic E-state index is 12.5. The van der Waals surface area contributed by atoms with Crippen LogP contribution in [0.15, 0.2) is 59.8 Å². The largest absolute Gasteiger partial charge is 0.416 e. The van der Waals surface area contributed by atoms with Crippen molar-refractivity contribution in [2.24, 2.45) is 5.10 Å². The van der Waals surface area contributed by atoms with E-state index < -0.39 is 11.7 Å². The Hall–Kier alpha value is -2.96. The molecule has 7 heteroatoms. The summed E-state index contributed by atoms with van der Waals surface area (Å²) in [5, 5.41) is 13.6. The first-order valence-electron chi connectivity index (χ1n) is 6.71. The molecule has 0 radical (unpaired) electrons. The zero-order chi connectivity index (χ0) is 16.3. The van der Waals surface area contributed by atoms with Crippen molar-refractivity contribution in [1.82, 2.24) is 10.2 Å². The summed E-state index contributed by atoms with van der Waals surface area (Å²) in [4.78, 5) is 0. The second-order valence-electron chi connectivity index (χ2n) is 4.77. The van der Waals surface area contributed by atoms with Gasteiger partial charge in [0, 0.05) is 10.8 Å². The van der Waals surface area contributed by atoms with Gasteiger partial charge in [0.15, 0.2) is 5.82 Å². The van der Waals surface area contributed by atoms with Crippen LogP contribution in [0.2, 0.25) is 0 Å². The lowest BCUT2D eigenvalue weighted by Crippen LogP contribution is -2.04. The zero-order valence-electron chi connectivity index (χ0n) is 11.7. The quantitative estimate of drug-likeness (QED) is 0.585. The number of nitrogens with zero attached hydrogens (tertiary/aromatic N) is 3. The van der Waals surface area contributed by atoms with E-state index in [0.717, 1.165) is 22.9 Å². The number of aromatic nitrogens is 2. The molecule has 2 aromatic carbocycles. The van der Waals surface area contributed by atoms with Crippen LogP contribution >= 0.6 is 0 Å². The molecule has 0 saturated carbocycles. The minimum absolute atomic E-state index is 0.478. The van der Waals surface area contributed by atoms with E-state index in [2.05, 4.69) is 20.7 Å². The lowest BCUT2D eigenvalue weighted by Gasteiger charge is -2.06. The average Bonchev–Trinajstić information content (AvgIpc) is 2.55. The molecular weight excluding hydrogens is 305 g/mol. The fraction of sp³-hybridized carbons (Fsp3) is 0.0625. The number of anilines is 1. The Balaban J connectivity index is 1.76. The SMILES string of the molecule is FC(F)(F)c1ccc(C=NNc2nncc3ccccc23)cc1. The normalized spacial score (nSPS) is 12.0. The number of hydrazone groups is 1. The summed E-state index contributed by atoms with van der Waals surface area (Å²) in [5.41, 5.74) is 2.60. The first-order chi connectivity index (χ1) is 11.0. The van der Waals surface area contributed by atoms with E-state index in [-0.39, 0.29) is 0 Å². The van der Waals surface area contributed by atoms with Gasteiger partial charge in [-0.2, -0.15) is 23.4 Å². The van der Waals surface area contributed by atoms with Crippen LogP contribution in [0, 0.1) is 0 Å². The predicted octanol–water partition coefficient (Wildman–Crippen LogP) is 4.09. The maximum absolute atomic E-state index is 12.5. The Morgan fingerprint density at radius 3 is 2.48 bits per heavy atom. The number of benzene rings is 2. The molecule has 3 rings (SSSR count). The molecule has 0 aliphatic carbocycles. The summed E-state index contributed by atoms with van der Waals surface area (Å²) in [6.45, 7) is 0. The van der Waals surface area contributed by atoms with Gasteiger partial charge in [-0.15, -0.1) is 5.10 Å². The van der Waals surface area contributed by atoms with Crippen LogP contribution in [0.25, 0.3) is 10.8 Å². The third-order valence-corrected chi connectivity index (χ3v) is 3.19. The van der Waals surface area contributed by atoms with E-state index >= 15 is 0 Å². The summed E-state index contributed by atoms with van der Waals surface area (Å²) >= 11 is 0. The van der Waals surface area contributed by atoms with E-state index in [0.29, 0.717) is 11.4 Å². The molecule has 0 spiro atoms. The molecule has 3 aromatic rings. The van der Waals surface area contributed by atoms with Gasteiger partial charge in [-0.05, 0) is 17.7 Å². The number of hydrogen-bond acceptors (Lipinski definition) is 4. The van der Waals surface area contributed by atoms with Crippen molar-refractivity contribution in [2.45, 2.75) is 6.18 Å². The fourth-order valence-corrected chi connectivity index (χ4v) is 2.04. The molecule has 0 fully saturated rings. The van der Waals surface area contributed by atoms with Crippen molar-refractivity contribution in [3.63, 3.8) is 0 Å². The van der Waals surface area contributed by atoms with Gasteiger partial charge < -0.3 is 0 Å². The molecule has 1 N–H and O–H groups in total. The third-order valence-electron chi connectivity index (χ3n) is 3.19. The Kier molecular flexibility index (Phi) is 3.92. The fourth-order valence-electron chi connectivity index (χ4n) is 2.04. The lowest BCUT2D eigenvalue weighted by atomic mass is 10.1. The minimum Gasteiger partial charge on any atom is -0.259 e. The number of rotatable bonds is 3. The molecule has 4 nitrogen and oxygen atoms in total. The van der Waals surface area contributed by atoms with Crippen LogP contribution in [0.4, 0.5) is 19.0 Å². The van der Waals surface area contributed by atoms with Crippen molar-refractivity contribution in [3.8, 4) is 0 Å². The van der Waals surface area contributed by atoms with Crippen molar-refractivity contribution in [1.29, 1.82) is 0 Å². The van der Waals surface area contributed by atoms with Crippen molar-refractivity contribution in [2.75, 3.05) is 5.43 Å². The second kappa shape index (κ2) is 6.04. The molecule has 0 unspecified atom stereocenters. The molecule has 0 aliphatic rings. The zero-order valence-corrected chi connectivity index (χ0v) is 11.7. The van der Waals surface area contributed by atoms with Crippen LogP contribution in [0.3, 0.4) is 0 Å². The smallest absolute Gasteiger partial charge is 0.259 e. The van der Waals surface area contributed by atoms with E-state index in [4.69, 9.17) is 0 Å². The molecule has 0 amide bonds. The van der Waals surface area contributed by atoms with Crippen LogP contribution in [0.1, 0.15) is 11.1 Å². The van der Waals surface area contributed by atoms with Gasteiger partial charge in [-0.1, -0.05) is 36.4 Å². The summed E-state index contributed by atoms with van der Waals surface area (Å²) < 4.78 is 37.4. The highest BCUT2D eigenvalue weighted by molar-refractivity contribution is 5.91. The molecular formula is C16H11F3N4. The Morgan fingerprint density at radius 1 is 1.00 bits per heavy atom. The van der Waals surface area contributed by atoms with Crippen molar-refractivity contribution >= 4 is 22.8 Å². The van der Waals surface area contributed by atoms with E-state index in [1.807, 2.05) is 24.3 Å². The summed E-state index contributed by atoms with van der Waals surface area (Å²) in [7, 11) is 0. The standard InChI is InChI=1S/C16H11F3N4/c17-16(18,19)13-7-5-11(6-8-13)9-20-22-15-14-4-2-1-3-12(14)10-21-23-15/h1-10H,(H,22,23). The number of alkyl halides is 3. The second-order valence-corrected chi connectivity index (χ2v) is 4.77. The summed E-state index contributed by atoms with van der Waals surface area (Å²) in [6.07, 6.45) is -1.28. The maximum Gasteiger partial charge on any atom is 0.416 e. The van der Waals surface area contributed by atoms with Gasteiger partial charge in [-0.25, -0.2) is 0 Å². The number of halogens is 3. The van der Waals surface area contributed by atoms with Gasteiger partial charge >= 0.3 is 6.18 Å². The van der Waals surface area contributed by atoms with Crippen LogP contribution in [0.5, 0.6) is 0 Å². The van der Waals surface area contributed by atoms with E-state index in [9.17, 15) is 13.2 Å². The van der Waals surface area contributed by atoms with Crippen LogP contribution in [-0.4, -0.2) is 16.4 Å². The molecule has 1 aromatic heterocycles. The Labute approximate surface area is 129 Å². The highest BCUT2D eigenvalue weighted by atomic mass is 19.4. The van der Waals surface area contributed by atoms with Crippen LogP contribution in [-0.2, 0) is 6.18 Å². The molecule has 1 heterocycles. The first-order valence-corrected chi connectivity index (χ1v) is 6.71. The van der Waals surface area contributed by atoms with Crippen LogP contribution < -0.4 is 5.43 Å². The third kappa shape index (κ3) is 3.45. The molecule has 23 heavy (non-hydrogen) atoms. The molecule has 0 saturated heterocycles. The first kappa shape index (κ1) is 15.0. The highest BCUT2D eigenvalue weighted by Crippen LogP contribution is 2.28. The molecule has 0 atom stereocenters. The average molecular weight is 316 g/mol. The number of nitrogens with one attached hydrogen (secondary N) is 1. The van der Waals surface area contributed by atoms with Gasteiger partial charge in [0.2, 0.25) is 0 Å².